The van der Waals surface area contributed by atoms with E-state index < -0.39 is 0 Å². The Kier molecular flexibility index (Phi) is 3.34. The van der Waals surface area contributed by atoms with Crippen LogP contribution in [-0.2, 0) is 17.6 Å². The van der Waals surface area contributed by atoms with E-state index in [0.717, 1.165) is 23.4 Å². The van der Waals surface area contributed by atoms with Gasteiger partial charge in [-0.15, -0.1) is 0 Å². The molecule has 1 aliphatic rings. The van der Waals surface area contributed by atoms with Gasteiger partial charge in [0, 0.05) is 24.1 Å². The number of pyridine rings is 1. The number of carbonyl (C=O) groups is 1. The van der Waals surface area contributed by atoms with Crippen molar-refractivity contribution in [2.24, 2.45) is 0 Å². The molecule has 0 saturated heterocycles. The van der Waals surface area contributed by atoms with Gasteiger partial charge in [-0.3, -0.25) is 4.79 Å². The molecular weight excluding hydrogens is 310 g/mol. The zero-order valence-electron chi connectivity index (χ0n) is 12.7. The molecular formula is C18H16ClN3O. The summed E-state index contributed by atoms with van der Waals surface area (Å²) in [6.45, 7) is 2.08. The highest BCUT2D eigenvalue weighted by molar-refractivity contribution is 6.30. The quantitative estimate of drug-likeness (QED) is 0.723. The van der Waals surface area contributed by atoms with Gasteiger partial charge < -0.3 is 9.30 Å². The second-order valence-electron chi connectivity index (χ2n) is 5.97. The minimum atomic E-state index is 0.0805. The van der Waals surface area contributed by atoms with Crippen molar-refractivity contribution in [3.8, 4) is 0 Å². The van der Waals surface area contributed by atoms with E-state index in [1.807, 2.05) is 39.8 Å². The van der Waals surface area contributed by atoms with Crippen LogP contribution >= 0.6 is 11.6 Å². The van der Waals surface area contributed by atoms with Crippen LogP contribution < -0.4 is 4.90 Å². The fourth-order valence-electron chi connectivity index (χ4n) is 3.29. The molecule has 3 aromatic rings. The molecule has 1 aromatic carbocycles. The zero-order chi connectivity index (χ0) is 16.0. The van der Waals surface area contributed by atoms with Crippen molar-refractivity contribution in [3.05, 3.63) is 65.1 Å². The highest BCUT2D eigenvalue weighted by Gasteiger charge is 2.30. The van der Waals surface area contributed by atoms with Crippen LogP contribution in [-0.4, -0.2) is 21.3 Å². The normalized spacial score (nSPS) is 16.8. The van der Waals surface area contributed by atoms with Crippen LogP contribution in [0.15, 0.2) is 48.8 Å². The molecule has 2 aromatic heterocycles. The number of anilines is 1. The standard InChI is InChI=1S/C18H16ClN3O/c1-12-8-13-4-2-3-5-16(13)22(12)18(23)9-15-11-21-10-14(19)6-7-17(21)20-15/h2-7,10-12H,8-9H2,1H3. The first kappa shape index (κ1) is 14.3. The Labute approximate surface area is 139 Å². The molecule has 0 saturated carbocycles. The second kappa shape index (κ2) is 5.39. The summed E-state index contributed by atoms with van der Waals surface area (Å²) in [6.07, 6.45) is 4.86. The van der Waals surface area contributed by atoms with Gasteiger partial charge in [0.25, 0.3) is 0 Å². The summed E-state index contributed by atoms with van der Waals surface area (Å²) in [5.41, 5.74) is 3.81. The summed E-state index contributed by atoms with van der Waals surface area (Å²) in [5.74, 6) is 0.0805. The molecule has 4 nitrogen and oxygen atoms in total. The molecule has 0 spiro atoms. The Morgan fingerprint density at radius 3 is 2.96 bits per heavy atom. The van der Waals surface area contributed by atoms with Crippen molar-refractivity contribution in [3.63, 3.8) is 0 Å². The van der Waals surface area contributed by atoms with E-state index in [9.17, 15) is 4.79 Å². The second-order valence-corrected chi connectivity index (χ2v) is 6.40. The first-order valence-electron chi connectivity index (χ1n) is 7.65. The smallest absolute Gasteiger partial charge is 0.233 e. The van der Waals surface area contributed by atoms with Crippen molar-refractivity contribution in [1.82, 2.24) is 9.38 Å². The van der Waals surface area contributed by atoms with Gasteiger partial charge in [0.1, 0.15) is 5.65 Å². The van der Waals surface area contributed by atoms with Gasteiger partial charge in [0.2, 0.25) is 5.91 Å². The molecule has 0 N–H and O–H groups in total. The number of hydrogen-bond acceptors (Lipinski definition) is 2. The van der Waals surface area contributed by atoms with E-state index in [0.29, 0.717) is 5.02 Å². The fourth-order valence-corrected chi connectivity index (χ4v) is 3.46. The summed E-state index contributed by atoms with van der Waals surface area (Å²) < 4.78 is 1.85. The number of amides is 1. The molecule has 0 fully saturated rings. The average Bonchev–Trinajstić information content (AvgIpc) is 3.05. The van der Waals surface area contributed by atoms with E-state index in [1.54, 1.807) is 12.3 Å². The number of halogens is 1. The predicted octanol–water partition coefficient (Wildman–Crippen LogP) is 3.51. The Hall–Kier alpha value is -2.33. The van der Waals surface area contributed by atoms with Crippen LogP contribution in [0.2, 0.25) is 5.02 Å². The monoisotopic (exact) mass is 325 g/mol. The SMILES string of the molecule is CC1Cc2ccccc2N1C(=O)Cc1cn2cc(Cl)ccc2n1. The molecule has 0 aliphatic carbocycles. The third kappa shape index (κ3) is 2.49. The zero-order valence-corrected chi connectivity index (χ0v) is 13.5. The number of fused-ring (bicyclic) bond motifs is 2. The minimum Gasteiger partial charge on any atom is -0.309 e. The molecule has 3 heterocycles. The number of rotatable bonds is 2. The maximum atomic E-state index is 12.8. The van der Waals surface area contributed by atoms with Gasteiger partial charge in [-0.05, 0) is 37.1 Å². The van der Waals surface area contributed by atoms with Gasteiger partial charge >= 0.3 is 0 Å². The lowest BCUT2D eigenvalue weighted by Crippen LogP contribution is -2.36. The Morgan fingerprint density at radius 2 is 2.09 bits per heavy atom. The largest absolute Gasteiger partial charge is 0.309 e. The van der Waals surface area contributed by atoms with Crippen molar-refractivity contribution in [1.29, 1.82) is 0 Å². The van der Waals surface area contributed by atoms with Crippen LogP contribution in [0.3, 0.4) is 0 Å². The lowest BCUT2D eigenvalue weighted by Gasteiger charge is -2.22. The Morgan fingerprint density at radius 1 is 1.26 bits per heavy atom. The number of nitrogens with zero attached hydrogens (tertiary/aromatic N) is 3. The average molecular weight is 326 g/mol. The summed E-state index contributed by atoms with van der Waals surface area (Å²) >= 11 is 5.99. The molecule has 5 heteroatoms. The van der Waals surface area contributed by atoms with Crippen LogP contribution in [0.1, 0.15) is 18.2 Å². The number of para-hydroxylation sites is 1. The summed E-state index contributed by atoms with van der Waals surface area (Å²) in [4.78, 5) is 19.2. The molecule has 4 rings (SSSR count). The van der Waals surface area contributed by atoms with Crippen LogP contribution in [0.5, 0.6) is 0 Å². The van der Waals surface area contributed by atoms with E-state index in [-0.39, 0.29) is 18.4 Å². The minimum absolute atomic E-state index is 0.0805. The Bertz CT molecular complexity index is 902. The molecule has 116 valence electrons. The number of imidazole rings is 1. The predicted molar refractivity (Wildman–Crippen MR) is 91.0 cm³/mol. The third-order valence-electron chi connectivity index (χ3n) is 4.27. The van der Waals surface area contributed by atoms with Crippen molar-refractivity contribution in [2.75, 3.05) is 4.90 Å². The topological polar surface area (TPSA) is 37.6 Å². The molecule has 1 atom stereocenters. The van der Waals surface area contributed by atoms with Crippen LogP contribution in [0.25, 0.3) is 5.65 Å². The molecule has 1 amide bonds. The van der Waals surface area contributed by atoms with Crippen molar-refractivity contribution >= 4 is 28.8 Å². The summed E-state index contributed by atoms with van der Waals surface area (Å²) in [6, 6.07) is 11.9. The van der Waals surface area contributed by atoms with Crippen LogP contribution in [0, 0.1) is 0 Å². The number of aromatic nitrogens is 2. The van der Waals surface area contributed by atoms with E-state index in [2.05, 4.69) is 18.0 Å². The molecule has 1 unspecified atom stereocenters. The van der Waals surface area contributed by atoms with Gasteiger partial charge in [-0.2, -0.15) is 0 Å². The number of benzene rings is 1. The molecule has 0 bridgehead atoms. The molecule has 1 aliphatic heterocycles. The lowest BCUT2D eigenvalue weighted by atomic mass is 10.1. The van der Waals surface area contributed by atoms with Gasteiger partial charge in [-0.1, -0.05) is 29.8 Å². The van der Waals surface area contributed by atoms with Gasteiger partial charge in [0.15, 0.2) is 0 Å². The summed E-state index contributed by atoms with van der Waals surface area (Å²) in [5, 5.41) is 0.648. The molecule has 23 heavy (non-hydrogen) atoms. The first-order valence-corrected chi connectivity index (χ1v) is 8.03. The maximum absolute atomic E-state index is 12.8. The highest BCUT2D eigenvalue weighted by Crippen LogP contribution is 2.32. The summed E-state index contributed by atoms with van der Waals surface area (Å²) in [7, 11) is 0. The van der Waals surface area contributed by atoms with Crippen molar-refractivity contribution < 1.29 is 4.79 Å². The number of carbonyl (C=O) groups excluding carboxylic acids is 1. The molecule has 0 radical (unpaired) electrons. The van der Waals surface area contributed by atoms with E-state index in [4.69, 9.17) is 11.6 Å². The lowest BCUT2D eigenvalue weighted by molar-refractivity contribution is -0.118. The fraction of sp³-hybridized carbons (Fsp3) is 0.222. The van der Waals surface area contributed by atoms with E-state index in [1.165, 1.54) is 5.56 Å². The number of hydrogen-bond donors (Lipinski definition) is 0. The first-order chi connectivity index (χ1) is 11.1. The van der Waals surface area contributed by atoms with Gasteiger partial charge in [-0.25, -0.2) is 4.98 Å². The maximum Gasteiger partial charge on any atom is 0.233 e. The van der Waals surface area contributed by atoms with Gasteiger partial charge in [0.05, 0.1) is 17.1 Å². The Balaban J connectivity index is 1.62. The third-order valence-corrected chi connectivity index (χ3v) is 4.50. The van der Waals surface area contributed by atoms with Crippen molar-refractivity contribution in [2.45, 2.75) is 25.8 Å². The van der Waals surface area contributed by atoms with Crippen LogP contribution in [0.4, 0.5) is 5.69 Å². The van der Waals surface area contributed by atoms with E-state index >= 15 is 0 Å². The highest BCUT2D eigenvalue weighted by atomic mass is 35.5.